The highest BCUT2D eigenvalue weighted by molar-refractivity contribution is 5.66. The van der Waals surface area contributed by atoms with Crippen LogP contribution in [0.2, 0.25) is 0 Å². The van der Waals surface area contributed by atoms with Crippen LogP contribution in [0.15, 0.2) is 18.3 Å². The van der Waals surface area contributed by atoms with Crippen LogP contribution >= 0.6 is 0 Å². The average Bonchev–Trinajstić information content (AvgIpc) is 2.28. The molecule has 0 aromatic carbocycles. The van der Waals surface area contributed by atoms with E-state index >= 15 is 0 Å². The Morgan fingerprint density at radius 1 is 1.37 bits per heavy atom. The topological polar surface area (TPSA) is 76.2 Å². The Morgan fingerprint density at radius 3 is 2.37 bits per heavy atom. The number of aryl methyl sites for hydroxylation is 1. The summed E-state index contributed by atoms with van der Waals surface area (Å²) < 4.78 is 0. The van der Waals surface area contributed by atoms with Gasteiger partial charge in [-0.3, -0.25) is 9.78 Å². The van der Waals surface area contributed by atoms with Crippen molar-refractivity contribution in [2.45, 2.75) is 53.5 Å². The molecule has 0 atom stereocenters. The number of aromatic nitrogens is 1. The first-order chi connectivity index (χ1) is 8.74. The van der Waals surface area contributed by atoms with E-state index in [2.05, 4.69) is 25.8 Å². The highest BCUT2D eigenvalue weighted by Gasteiger charge is 2.09. The largest absolute Gasteiger partial charge is 0.481 e. The summed E-state index contributed by atoms with van der Waals surface area (Å²) in [5.41, 5.74) is 7.75. The fourth-order valence-electron chi connectivity index (χ4n) is 1.39. The monoisotopic (exact) mass is 266 g/mol. The molecule has 1 heterocycles. The van der Waals surface area contributed by atoms with Gasteiger partial charge in [0.2, 0.25) is 0 Å². The third-order valence-corrected chi connectivity index (χ3v) is 2.53. The zero-order valence-electron chi connectivity index (χ0n) is 12.4. The molecule has 1 aromatic heterocycles. The van der Waals surface area contributed by atoms with Crippen molar-refractivity contribution in [1.29, 1.82) is 0 Å². The summed E-state index contributed by atoms with van der Waals surface area (Å²) >= 11 is 0. The van der Waals surface area contributed by atoms with Gasteiger partial charge in [-0.1, -0.05) is 26.8 Å². The number of pyridine rings is 1. The molecule has 19 heavy (non-hydrogen) atoms. The molecule has 0 amide bonds. The van der Waals surface area contributed by atoms with E-state index in [0.717, 1.165) is 24.1 Å². The minimum absolute atomic E-state index is 0.273. The summed E-state index contributed by atoms with van der Waals surface area (Å²) in [4.78, 5) is 14.2. The maximum Gasteiger partial charge on any atom is 0.303 e. The van der Waals surface area contributed by atoms with E-state index in [1.54, 1.807) is 6.20 Å². The first-order valence-corrected chi connectivity index (χ1v) is 6.58. The second-order valence-corrected chi connectivity index (χ2v) is 5.82. The summed E-state index contributed by atoms with van der Waals surface area (Å²) in [5, 5.41) is 8.31. The Balaban J connectivity index is 0.000000342. The Labute approximate surface area is 116 Å². The van der Waals surface area contributed by atoms with Gasteiger partial charge in [-0.15, -0.1) is 0 Å². The van der Waals surface area contributed by atoms with Gasteiger partial charge < -0.3 is 10.8 Å². The number of aliphatic carboxylic acids is 1. The van der Waals surface area contributed by atoms with Crippen LogP contribution in [0.4, 0.5) is 0 Å². The van der Waals surface area contributed by atoms with Crippen LogP contribution in [0, 0.1) is 12.3 Å². The number of carboxylic acid groups (broad SMARTS) is 1. The van der Waals surface area contributed by atoms with E-state index in [0.29, 0.717) is 13.0 Å². The van der Waals surface area contributed by atoms with Gasteiger partial charge >= 0.3 is 5.97 Å². The van der Waals surface area contributed by atoms with Crippen LogP contribution < -0.4 is 5.73 Å². The van der Waals surface area contributed by atoms with Crippen LogP contribution in [-0.2, 0) is 11.3 Å². The predicted octanol–water partition coefficient (Wildman–Crippen LogP) is 3.14. The quantitative estimate of drug-likeness (QED) is 0.877. The molecule has 3 N–H and O–H groups in total. The molecule has 0 fully saturated rings. The first kappa shape index (κ1) is 17.6. The van der Waals surface area contributed by atoms with Crippen molar-refractivity contribution in [3.05, 3.63) is 29.6 Å². The highest BCUT2D eigenvalue weighted by atomic mass is 16.4. The molecule has 0 aliphatic rings. The molecule has 0 saturated heterocycles. The van der Waals surface area contributed by atoms with Crippen molar-refractivity contribution in [1.82, 2.24) is 4.98 Å². The number of nitrogens with zero attached hydrogens (tertiary/aromatic N) is 1. The Kier molecular flexibility index (Phi) is 8.00. The molecule has 1 aromatic rings. The number of rotatable bonds is 4. The van der Waals surface area contributed by atoms with E-state index in [1.165, 1.54) is 0 Å². The van der Waals surface area contributed by atoms with Gasteiger partial charge in [0.05, 0.1) is 0 Å². The lowest BCUT2D eigenvalue weighted by Gasteiger charge is -2.16. The maximum atomic E-state index is 10.1. The smallest absolute Gasteiger partial charge is 0.303 e. The van der Waals surface area contributed by atoms with E-state index in [1.807, 2.05) is 19.1 Å². The number of hydrogen-bond donors (Lipinski definition) is 2. The summed E-state index contributed by atoms with van der Waals surface area (Å²) in [6.07, 6.45) is 3.88. The van der Waals surface area contributed by atoms with Crippen LogP contribution in [0.3, 0.4) is 0 Å². The molecule has 4 heteroatoms. The Morgan fingerprint density at radius 2 is 2.00 bits per heavy atom. The Bertz CT molecular complexity index is 367. The minimum atomic E-state index is -0.691. The standard InChI is InChI=1S/C8H16O2.C7H10N2/c1-8(2,3)6-4-5-7(9)10;1-6-2-3-7(4-8)5-9-6/h4-6H2,1-3H3,(H,9,10);2-3,5H,4,8H2,1H3. The molecule has 108 valence electrons. The van der Waals surface area contributed by atoms with Crippen LogP contribution in [0.5, 0.6) is 0 Å². The summed E-state index contributed by atoms with van der Waals surface area (Å²) in [7, 11) is 0. The zero-order valence-corrected chi connectivity index (χ0v) is 12.4. The molecular weight excluding hydrogens is 240 g/mol. The molecule has 0 saturated carbocycles. The molecule has 1 rings (SSSR count). The number of carbonyl (C=O) groups is 1. The van der Waals surface area contributed by atoms with Gasteiger partial charge in [0, 0.05) is 24.9 Å². The molecule has 0 unspecified atom stereocenters. The average molecular weight is 266 g/mol. The molecule has 0 aliphatic carbocycles. The van der Waals surface area contributed by atoms with Crippen molar-refractivity contribution in [2.75, 3.05) is 0 Å². The summed E-state index contributed by atoms with van der Waals surface area (Å²) in [5.74, 6) is -0.691. The predicted molar refractivity (Wildman–Crippen MR) is 77.8 cm³/mol. The minimum Gasteiger partial charge on any atom is -0.481 e. The van der Waals surface area contributed by atoms with Gasteiger partial charge in [0.1, 0.15) is 0 Å². The van der Waals surface area contributed by atoms with Gasteiger partial charge in [-0.25, -0.2) is 0 Å². The zero-order chi connectivity index (χ0) is 14.9. The van der Waals surface area contributed by atoms with E-state index in [-0.39, 0.29) is 5.41 Å². The SMILES string of the molecule is CC(C)(C)CCCC(=O)O.Cc1ccc(CN)cn1. The van der Waals surface area contributed by atoms with Gasteiger partial charge in [0.25, 0.3) is 0 Å². The van der Waals surface area contributed by atoms with E-state index in [4.69, 9.17) is 10.8 Å². The van der Waals surface area contributed by atoms with Crippen molar-refractivity contribution in [3.63, 3.8) is 0 Å². The van der Waals surface area contributed by atoms with Gasteiger partial charge in [0.15, 0.2) is 0 Å². The van der Waals surface area contributed by atoms with Gasteiger partial charge in [-0.2, -0.15) is 0 Å². The number of hydrogen-bond acceptors (Lipinski definition) is 3. The third kappa shape index (κ3) is 11.4. The van der Waals surface area contributed by atoms with E-state index < -0.39 is 5.97 Å². The lowest BCUT2D eigenvalue weighted by atomic mass is 9.90. The Hall–Kier alpha value is -1.42. The summed E-state index contributed by atoms with van der Waals surface area (Å²) in [6, 6.07) is 3.95. The molecule has 0 aliphatic heterocycles. The van der Waals surface area contributed by atoms with Gasteiger partial charge in [-0.05, 0) is 36.8 Å². The van der Waals surface area contributed by atoms with Crippen LogP contribution in [0.1, 0.15) is 51.3 Å². The van der Waals surface area contributed by atoms with Crippen molar-refractivity contribution in [2.24, 2.45) is 11.1 Å². The molecule has 4 nitrogen and oxygen atoms in total. The molecule has 0 bridgehead atoms. The summed E-state index contributed by atoms with van der Waals surface area (Å²) in [6.45, 7) is 8.89. The fraction of sp³-hybridized carbons (Fsp3) is 0.600. The maximum absolute atomic E-state index is 10.1. The first-order valence-electron chi connectivity index (χ1n) is 6.58. The van der Waals surface area contributed by atoms with Crippen LogP contribution in [0.25, 0.3) is 0 Å². The lowest BCUT2D eigenvalue weighted by molar-refractivity contribution is -0.137. The molecule has 0 spiro atoms. The lowest BCUT2D eigenvalue weighted by Crippen LogP contribution is -2.05. The van der Waals surface area contributed by atoms with Crippen molar-refractivity contribution >= 4 is 5.97 Å². The number of nitrogens with two attached hydrogens (primary N) is 1. The highest BCUT2D eigenvalue weighted by Crippen LogP contribution is 2.21. The molecule has 0 radical (unpaired) electrons. The second-order valence-electron chi connectivity index (χ2n) is 5.82. The van der Waals surface area contributed by atoms with E-state index in [9.17, 15) is 4.79 Å². The van der Waals surface area contributed by atoms with Crippen molar-refractivity contribution in [3.8, 4) is 0 Å². The fourth-order valence-corrected chi connectivity index (χ4v) is 1.39. The third-order valence-electron chi connectivity index (χ3n) is 2.53. The second kappa shape index (κ2) is 8.64. The normalized spacial score (nSPS) is 10.6. The van der Waals surface area contributed by atoms with Crippen LogP contribution in [-0.4, -0.2) is 16.1 Å². The number of carboxylic acids is 1. The van der Waals surface area contributed by atoms with Crippen molar-refractivity contribution < 1.29 is 9.90 Å². The molecular formula is C15H26N2O2.